The molecule has 1 N–H and O–H groups in total. The Morgan fingerprint density at radius 3 is 1.91 bits per heavy atom. The molecule has 1 aliphatic heterocycles. The van der Waals surface area contributed by atoms with Gasteiger partial charge in [0.05, 0.1) is 11.1 Å². The normalized spacial score (nSPS) is 19.8. The van der Waals surface area contributed by atoms with Gasteiger partial charge < -0.3 is 10.2 Å². The first-order chi connectivity index (χ1) is 9.59. The first-order valence-corrected chi connectivity index (χ1v) is 6.36. The summed E-state index contributed by atoms with van der Waals surface area (Å²) < 4.78 is 76.8. The Bertz CT molecular complexity index is 482. The van der Waals surface area contributed by atoms with Crippen molar-refractivity contribution in [1.29, 1.82) is 0 Å². The number of hydrogen-bond acceptors (Lipinski definition) is 2. The number of piperazine rings is 1. The Balaban J connectivity index is 0.00000242. The molecule has 1 aliphatic rings. The molecule has 0 amide bonds. The SMILES string of the molecule is C[C@@H]1CNCCN1c1cc(C(F)(F)F)cc(C(F)(F)F)c1.Cl. The molecule has 1 aromatic carbocycles. The smallest absolute Gasteiger partial charge is 0.366 e. The minimum Gasteiger partial charge on any atom is -0.366 e. The molecule has 1 heterocycles. The highest BCUT2D eigenvalue weighted by Crippen LogP contribution is 2.38. The second-order valence-electron chi connectivity index (χ2n) is 5.01. The van der Waals surface area contributed by atoms with Gasteiger partial charge in [0, 0.05) is 31.4 Å². The van der Waals surface area contributed by atoms with Gasteiger partial charge in [0.25, 0.3) is 0 Å². The predicted molar refractivity (Wildman–Crippen MR) is 73.4 cm³/mol. The van der Waals surface area contributed by atoms with Crippen molar-refractivity contribution in [3.05, 3.63) is 29.3 Å². The molecule has 0 radical (unpaired) electrons. The van der Waals surface area contributed by atoms with E-state index in [1.807, 2.05) is 0 Å². The summed E-state index contributed by atoms with van der Waals surface area (Å²) in [5.74, 6) is 0. The van der Waals surface area contributed by atoms with E-state index in [0.29, 0.717) is 19.6 Å². The van der Waals surface area contributed by atoms with Gasteiger partial charge in [-0.15, -0.1) is 12.4 Å². The van der Waals surface area contributed by atoms with E-state index in [1.54, 1.807) is 11.8 Å². The lowest BCUT2D eigenvalue weighted by atomic mass is 10.1. The molecule has 2 nitrogen and oxygen atoms in total. The molecule has 2 rings (SSSR count). The van der Waals surface area contributed by atoms with Crippen molar-refractivity contribution < 1.29 is 26.3 Å². The largest absolute Gasteiger partial charge is 0.416 e. The van der Waals surface area contributed by atoms with E-state index in [4.69, 9.17) is 0 Å². The van der Waals surface area contributed by atoms with Crippen molar-refractivity contribution in [1.82, 2.24) is 5.32 Å². The van der Waals surface area contributed by atoms with Gasteiger partial charge in [-0.05, 0) is 25.1 Å². The molecule has 0 saturated carbocycles. The van der Waals surface area contributed by atoms with Crippen molar-refractivity contribution in [2.24, 2.45) is 0 Å². The first-order valence-electron chi connectivity index (χ1n) is 6.36. The maximum atomic E-state index is 12.8. The van der Waals surface area contributed by atoms with Crippen LogP contribution in [0.5, 0.6) is 0 Å². The van der Waals surface area contributed by atoms with Gasteiger partial charge in [-0.25, -0.2) is 0 Å². The summed E-state index contributed by atoms with van der Waals surface area (Å²) in [6.07, 6.45) is -9.62. The third-order valence-electron chi connectivity index (χ3n) is 3.41. The summed E-state index contributed by atoms with van der Waals surface area (Å²) in [5.41, 5.74) is -2.61. The van der Waals surface area contributed by atoms with Crippen LogP contribution in [0.4, 0.5) is 32.0 Å². The summed E-state index contributed by atoms with van der Waals surface area (Å²) in [4.78, 5) is 1.56. The number of nitrogens with one attached hydrogen (secondary N) is 1. The van der Waals surface area contributed by atoms with Crippen LogP contribution in [0.25, 0.3) is 0 Å². The maximum Gasteiger partial charge on any atom is 0.416 e. The molecule has 1 aromatic rings. The molecule has 1 atom stereocenters. The number of nitrogens with zero attached hydrogens (tertiary/aromatic N) is 1. The zero-order valence-corrected chi connectivity index (χ0v) is 12.4. The second-order valence-corrected chi connectivity index (χ2v) is 5.01. The van der Waals surface area contributed by atoms with E-state index >= 15 is 0 Å². The van der Waals surface area contributed by atoms with E-state index in [-0.39, 0.29) is 30.2 Å². The number of anilines is 1. The minimum atomic E-state index is -4.81. The van der Waals surface area contributed by atoms with Crippen LogP contribution in [-0.4, -0.2) is 25.7 Å². The molecule has 1 saturated heterocycles. The van der Waals surface area contributed by atoms with Crippen LogP contribution < -0.4 is 10.2 Å². The molecular formula is C13H15ClF6N2. The fourth-order valence-corrected chi connectivity index (χ4v) is 2.33. The van der Waals surface area contributed by atoms with E-state index < -0.39 is 23.5 Å². The van der Waals surface area contributed by atoms with Gasteiger partial charge >= 0.3 is 12.4 Å². The average molecular weight is 349 g/mol. The Hall–Kier alpha value is -1.15. The Labute approximate surface area is 129 Å². The molecule has 126 valence electrons. The lowest BCUT2D eigenvalue weighted by molar-refractivity contribution is -0.143. The lowest BCUT2D eigenvalue weighted by Crippen LogP contribution is -2.50. The van der Waals surface area contributed by atoms with Gasteiger partial charge in [-0.2, -0.15) is 26.3 Å². The highest BCUT2D eigenvalue weighted by atomic mass is 35.5. The average Bonchev–Trinajstić information content (AvgIpc) is 2.36. The fourth-order valence-electron chi connectivity index (χ4n) is 2.33. The predicted octanol–water partition coefficient (Wildman–Crippen LogP) is 3.94. The molecular weight excluding hydrogens is 334 g/mol. The fraction of sp³-hybridized carbons (Fsp3) is 0.538. The van der Waals surface area contributed by atoms with Gasteiger partial charge in [0.2, 0.25) is 0 Å². The summed E-state index contributed by atoms with van der Waals surface area (Å²) in [7, 11) is 0. The third kappa shape index (κ3) is 4.19. The molecule has 22 heavy (non-hydrogen) atoms. The van der Waals surface area contributed by atoms with Crippen molar-refractivity contribution in [2.45, 2.75) is 25.3 Å². The standard InChI is InChI=1S/C13H14F6N2.ClH/c1-8-7-20-2-3-21(8)11-5-9(12(14,15)16)4-10(6-11)13(17,18)19;/h4-6,8,20H,2-3,7H2,1H3;1H/t8-;/m1./s1. The third-order valence-corrected chi connectivity index (χ3v) is 3.41. The quantitative estimate of drug-likeness (QED) is 0.773. The van der Waals surface area contributed by atoms with E-state index in [2.05, 4.69) is 5.32 Å². The van der Waals surface area contributed by atoms with Crippen molar-refractivity contribution in [2.75, 3.05) is 24.5 Å². The minimum absolute atomic E-state index is 0. The van der Waals surface area contributed by atoms with Gasteiger partial charge in [-0.3, -0.25) is 0 Å². The van der Waals surface area contributed by atoms with Crippen molar-refractivity contribution >= 4 is 18.1 Å². The van der Waals surface area contributed by atoms with Crippen LogP contribution in [-0.2, 0) is 12.4 Å². The number of rotatable bonds is 1. The number of halogens is 7. The van der Waals surface area contributed by atoms with Crippen LogP contribution in [0.3, 0.4) is 0 Å². The highest BCUT2D eigenvalue weighted by molar-refractivity contribution is 5.85. The zero-order chi connectivity index (χ0) is 15.8. The van der Waals surface area contributed by atoms with E-state index in [9.17, 15) is 26.3 Å². The summed E-state index contributed by atoms with van der Waals surface area (Å²) in [6.45, 7) is 3.14. The molecule has 9 heteroatoms. The van der Waals surface area contributed by atoms with Gasteiger partial charge in [0.15, 0.2) is 0 Å². The molecule has 0 spiro atoms. The van der Waals surface area contributed by atoms with Crippen LogP contribution >= 0.6 is 12.4 Å². The topological polar surface area (TPSA) is 15.3 Å². The zero-order valence-electron chi connectivity index (χ0n) is 11.6. The molecule has 1 fully saturated rings. The van der Waals surface area contributed by atoms with Crippen LogP contribution in [0.15, 0.2) is 18.2 Å². The maximum absolute atomic E-state index is 12.8. The van der Waals surface area contributed by atoms with Crippen LogP contribution in [0.1, 0.15) is 18.1 Å². The number of benzene rings is 1. The number of hydrogen-bond donors (Lipinski definition) is 1. The first kappa shape index (κ1) is 18.9. The van der Waals surface area contributed by atoms with Crippen LogP contribution in [0.2, 0.25) is 0 Å². The number of alkyl halides is 6. The molecule has 0 aliphatic carbocycles. The summed E-state index contributed by atoms with van der Waals surface area (Å²) >= 11 is 0. The highest BCUT2D eigenvalue weighted by Gasteiger charge is 2.37. The van der Waals surface area contributed by atoms with Crippen LogP contribution in [0, 0.1) is 0 Å². The van der Waals surface area contributed by atoms with Crippen molar-refractivity contribution in [3.8, 4) is 0 Å². The van der Waals surface area contributed by atoms with Gasteiger partial charge in [-0.1, -0.05) is 0 Å². The summed E-state index contributed by atoms with van der Waals surface area (Å²) in [6, 6.07) is 1.52. The monoisotopic (exact) mass is 348 g/mol. The molecule has 0 aromatic heterocycles. The second kappa shape index (κ2) is 6.54. The molecule has 0 bridgehead atoms. The lowest BCUT2D eigenvalue weighted by Gasteiger charge is -2.36. The summed E-state index contributed by atoms with van der Waals surface area (Å²) in [5, 5.41) is 3.04. The Morgan fingerprint density at radius 1 is 1.00 bits per heavy atom. The Kier molecular flexibility index (Phi) is 5.61. The van der Waals surface area contributed by atoms with Crippen molar-refractivity contribution in [3.63, 3.8) is 0 Å². The van der Waals surface area contributed by atoms with E-state index in [0.717, 1.165) is 12.1 Å². The molecule has 0 unspecified atom stereocenters. The Morgan fingerprint density at radius 2 is 1.50 bits per heavy atom. The van der Waals surface area contributed by atoms with Gasteiger partial charge in [0.1, 0.15) is 0 Å². The van der Waals surface area contributed by atoms with E-state index in [1.165, 1.54) is 0 Å².